The number of aromatic nitrogens is 2. The van der Waals surface area contributed by atoms with Crippen LogP contribution in [0.4, 0.5) is 4.39 Å². The van der Waals surface area contributed by atoms with Crippen LogP contribution in [-0.2, 0) is 0 Å². The van der Waals surface area contributed by atoms with E-state index in [0.29, 0.717) is 11.3 Å². The van der Waals surface area contributed by atoms with Crippen molar-refractivity contribution in [3.8, 4) is 11.3 Å². The summed E-state index contributed by atoms with van der Waals surface area (Å²) in [5.74, 6) is 0.00384. The second-order valence-electron chi connectivity index (χ2n) is 2.22. The second kappa shape index (κ2) is 2.73. The summed E-state index contributed by atoms with van der Waals surface area (Å²) in [5.41, 5.74) is 0.377. The predicted octanol–water partition coefficient (Wildman–Crippen LogP) is 1.88. The highest BCUT2D eigenvalue weighted by atomic mass is 19.1. The van der Waals surface area contributed by atoms with E-state index in [9.17, 15) is 4.39 Å². The molecule has 0 atom stereocenters. The number of pyridine rings is 1. The number of oxazole rings is 1. The van der Waals surface area contributed by atoms with Crippen LogP contribution in [0.1, 0.15) is 0 Å². The molecule has 3 nitrogen and oxygen atoms in total. The molecule has 0 saturated heterocycles. The first-order chi connectivity index (χ1) is 5.88. The highest BCUT2D eigenvalue weighted by Gasteiger charge is 2.06. The first-order valence-corrected chi connectivity index (χ1v) is 3.36. The third-order valence-corrected chi connectivity index (χ3v) is 1.47. The third-order valence-electron chi connectivity index (χ3n) is 1.47. The molecule has 2 rings (SSSR count). The molecule has 0 aliphatic rings. The van der Waals surface area contributed by atoms with Crippen LogP contribution in [0.2, 0.25) is 0 Å². The zero-order valence-corrected chi connectivity index (χ0v) is 6.07. The summed E-state index contributed by atoms with van der Waals surface area (Å²) in [7, 11) is 0. The smallest absolute Gasteiger partial charge is 0.181 e. The SMILES string of the molecule is Fc1cnccc1-c1cnco1. The van der Waals surface area contributed by atoms with Gasteiger partial charge in [0.1, 0.15) is 0 Å². The Bertz CT molecular complexity index is 372. The van der Waals surface area contributed by atoms with E-state index in [1.54, 1.807) is 0 Å². The lowest BCUT2D eigenvalue weighted by Gasteiger charge is -1.95. The van der Waals surface area contributed by atoms with Crippen LogP contribution in [0, 0.1) is 5.82 Å². The lowest BCUT2D eigenvalue weighted by Crippen LogP contribution is -1.82. The molecule has 0 aliphatic carbocycles. The fourth-order valence-corrected chi connectivity index (χ4v) is 0.924. The Kier molecular flexibility index (Phi) is 1.59. The minimum Gasteiger partial charge on any atom is -0.443 e. The average molecular weight is 164 g/mol. The summed E-state index contributed by atoms with van der Waals surface area (Å²) in [6.45, 7) is 0. The lowest BCUT2D eigenvalue weighted by molar-refractivity contribution is 0.560. The van der Waals surface area contributed by atoms with Gasteiger partial charge in [-0.25, -0.2) is 9.37 Å². The molecule has 0 amide bonds. The number of rotatable bonds is 1. The highest BCUT2D eigenvalue weighted by Crippen LogP contribution is 2.20. The van der Waals surface area contributed by atoms with Gasteiger partial charge in [0, 0.05) is 6.20 Å². The van der Waals surface area contributed by atoms with E-state index in [1.165, 1.54) is 24.9 Å². The largest absolute Gasteiger partial charge is 0.443 e. The molecule has 2 aromatic heterocycles. The van der Waals surface area contributed by atoms with Gasteiger partial charge in [-0.2, -0.15) is 0 Å². The summed E-state index contributed by atoms with van der Waals surface area (Å²) >= 11 is 0. The molecule has 0 fully saturated rings. The molecular weight excluding hydrogens is 159 g/mol. The minimum absolute atomic E-state index is 0.377. The zero-order chi connectivity index (χ0) is 8.39. The van der Waals surface area contributed by atoms with Gasteiger partial charge in [0.25, 0.3) is 0 Å². The van der Waals surface area contributed by atoms with Crippen molar-refractivity contribution in [1.82, 2.24) is 9.97 Å². The van der Waals surface area contributed by atoms with Gasteiger partial charge in [-0.3, -0.25) is 4.98 Å². The van der Waals surface area contributed by atoms with Gasteiger partial charge in [-0.15, -0.1) is 0 Å². The molecular formula is C8H5FN2O. The van der Waals surface area contributed by atoms with E-state index in [4.69, 9.17) is 4.42 Å². The fraction of sp³-hybridized carbons (Fsp3) is 0. The first kappa shape index (κ1) is 6.97. The second-order valence-corrected chi connectivity index (χ2v) is 2.22. The Morgan fingerprint density at radius 1 is 1.25 bits per heavy atom. The molecule has 0 N–H and O–H groups in total. The molecule has 60 valence electrons. The minimum atomic E-state index is -0.408. The fourth-order valence-electron chi connectivity index (χ4n) is 0.924. The van der Waals surface area contributed by atoms with Crippen molar-refractivity contribution in [2.75, 3.05) is 0 Å². The zero-order valence-electron chi connectivity index (χ0n) is 6.07. The molecule has 0 saturated carbocycles. The normalized spacial score (nSPS) is 10.1. The van der Waals surface area contributed by atoms with Crippen molar-refractivity contribution >= 4 is 0 Å². The number of halogens is 1. The van der Waals surface area contributed by atoms with E-state index in [-0.39, 0.29) is 0 Å². The molecule has 2 heterocycles. The topological polar surface area (TPSA) is 38.9 Å². The van der Waals surface area contributed by atoms with Gasteiger partial charge >= 0.3 is 0 Å². The monoisotopic (exact) mass is 164 g/mol. The quantitative estimate of drug-likeness (QED) is 0.645. The van der Waals surface area contributed by atoms with Crippen molar-refractivity contribution in [2.24, 2.45) is 0 Å². The van der Waals surface area contributed by atoms with E-state index in [2.05, 4.69) is 9.97 Å². The maximum Gasteiger partial charge on any atom is 0.181 e. The van der Waals surface area contributed by atoms with E-state index in [1.807, 2.05) is 0 Å². The van der Waals surface area contributed by atoms with Crippen LogP contribution < -0.4 is 0 Å². The van der Waals surface area contributed by atoms with Gasteiger partial charge in [-0.05, 0) is 6.07 Å². The van der Waals surface area contributed by atoms with Crippen molar-refractivity contribution in [2.45, 2.75) is 0 Å². The maximum atomic E-state index is 13.0. The standard InChI is InChI=1S/C8H5FN2O/c9-7-3-10-2-1-6(7)8-4-11-5-12-8/h1-5H. The Hall–Kier alpha value is -1.71. The maximum absolute atomic E-state index is 13.0. The summed E-state index contributed by atoms with van der Waals surface area (Å²) in [6.07, 6.45) is 5.35. The lowest BCUT2D eigenvalue weighted by atomic mass is 10.2. The van der Waals surface area contributed by atoms with Crippen LogP contribution in [-0.4, -0.2) is 9.97 Å². The van der Waals surface area contributed by atoms with Crippen LogP contribution in [0.3, 0.4) is 0 Å². The van der Waals surface area contributed by atoms with Crippen LogP contribution >= 0.6 is 0 Å². The Labute approximate surface area is 67.9 Å². The van der Waals surface area contributed by atoms with Crippen molar-refractivity contribution in [3.63, 3.8) is 0 Å². The number of hydrogen-bond acceptors (Lipinski definition) is 3. The van der Waals surface area contributed by atoms with E-state index >= 15 is 0 Å². The van der Waals surface area contributed by atoms with Crippen LogP contribution in [0.15, 0.2) is 35.5 Å². The molecule has 0 aliphatic heterocycles. The average Bonchev–Trinajstić information content (AvgIpc) is 2.57. The Morgan fingerprint density at radius 2 is 2.17 bits per heavy atom. The van der Waals surface area contributed by atoms with E-state index < -0.39 is 5.82 Å². The van der Waals surface area contributed by atoms with E-state index in [0.717, 1.165) is 6.20 Å². The molecule has 0 bridgehead atoms. The molecule has 0 aromatic carbocycles. The number of nitrogens with zero attached hydrogens (tertiary/aromatic N) is 2. The van der Waals surface area contributed by atoms with Gasteiger partial charge in [0.15, 0.2) is 18.0 Å². The van der Waals surface area contributed by atoms with Crippen LogP contribution in [0.5, 0.6) is 0 Å². The third kappa shape index (κ3) is 1.07. The summed E-state index contributed by atoms with van der Waals surface area (Å²) in [5, 5.41) is 0. The molecule has 0 radical (unpaired) electrons. The van der Waals surface area contributed by atoms with Gasteiger partial charge < -0.3 is 4.42 Å². The predicted molar refractivity (Wildman–Crippen MR) is 39.7 cm³/mol. The Morgan fingerprint density at radius 3 is 2.83 bits per heavy atom. The Balaban J connectivity index is 2.55. The van der Waals surface area contributed by atoms with Crippen LogP contribution in [0.25, 0.3) is 11.3 Å². The highest BCUT2D eigenvalue weighted by molar-refractivity contribution is 5.55. The first-order valence-electron chi connectivity index (χ1n) is 3.36. The molecule has 4 heteroatoms. The summed E-state index contributed by atoms with van der Waals surface area (Å²) in [4.78, 5) is 7.30. The molecule has 12 heavy (non-hydrogen) atoms. The number of hydrogen-bond donors (Lipinski definition) is 0. The summed E-state index contributed by atoms with van der Waals surface area (Å²) in [6, 6.07) is 1.54. The van der Waals surface area contributed by atoms with Crippen molar-refractivity contribution in [3.05, 3.63) is 36.9 Å². The van der Waals surface area contributed by atoms with Gasteiger partial charge in [-0.1, -0.05) is 0 Å². The van der Waals surface area contributed by atoms with Gasteiger partial charge in [0.05, 0.1) is 18.0 Å². The van der Waals surface area contributed by atoms with Gasteiger partial charge in [0.2, 0.25) is 0 Å². The summed E-state index contributed by atoms with van der Waals surface area (Å²) < 4.78 is 17.9. The molecule has 2 aromatic rings. The van der Waals surface area contributed by atoms with Crippen molar-refractivity contribution in [1.29, 1.82) is 0 Å². The van der Waals surface area contributed by atoms with Crippen molar-refractivity contribution < 1.29 is 8.81 Å². The molecule has 0 spiro atoms. The molecule has 0 unspecified atom stereocenters.